The van der Waals surface area contributed by atoms with E-state index in [1.807, 2.05) is 12.1 Å². The Morgan fingerprint density at radius 1 is 0.657 bits per heavy atom. The Hall–Kier alpha value is -2.14. The Balaban J connectivity index is 1.58. The maximum Gasteiger partial charge on any atom is 0.133 e. The zero-order valence-corrected chi connectivity index (χ0v) is 22.7. The second-order valence-corrected chi connectivity index (χ2v) is 13.9. The molecule has 2 aromatic carbocycles. The lowest BCUT2D eigenvalue weighted by atomic mass is 10.0. The number of benzene rings is 2. The quantitative estimate of drug-likeness (QED) is 0.263. The van der Waals surface area contributed by atoms with Crippen LogP contribution in [-0.2, 0) is 0 Å². The number of hydrogen-bond acceptors (Lipinski definition) is 2. The summed E-state index contributed by atoms with van der Waals surface area (Å²) in [5.74, 6) is 1.38. The molecule has 1 saturated carbocycles. The average molecular weight is 498 g/mol. The van der Waals surface area contributed by atoms with Crippen molar-refractivity contribution in [1.82, 2.24) is 0 Å². The molecule has 1 aliphatic carbocycles. The minimum absolute atomic E-state index is 0.326. The van der Waals surface area contributed by atoms with Gasteiger partial charge in [0.1, 0.15) is 11.0 Å². The first-order chi connectivity index (χ1) is 16.9. The van der Waals surface area contributed by atoms with E-state index in [1.165, 1.54) is 44.4 Å². The summed E-state index contributed by atoms with van der Waals surface area (Å²) in [5, 5.41) is 2.87. The van der Waals surface area contributed by atoms with Gasteiger partial charge in [0, 0.05) is 13.6 Å². The van der Waals surface area contributed by atoms with Crippen LogP contribution in [0.1, 0.15) is 29.2 Å². The second kappa shape index (κ2) is 10.5. The van der Waals surface area contributed by atoms with Gasteiger partial charge in [-0.25, -0.2) is 0 Å². The minimum atomic E-state index is -0.899. The average Bonchev–Trinajstić information content (AvgIpc) is 3.57. The Kier molecular flexibility index (Phi) is 7.34. The molecule has 1 aliphatic rings. The molecule has 0 aliphatic heterocycles. The van der Waals surface area contributed by atoms with E-state index in [0.29, 0.717) is 5.66 Å². The van der Waals surface area contributed by atoms with Crippen LogP contribution >= 0.6 is 15.8 Å². The molecule has 0 N–H and O–H groups in total. The van der Waals surface area contributed by atoms with Crippen molar-refractivity contribution in [3.8, 4) is 0 Å². The highest BCUT2D eigenvalue weighted by molar-refractivity contribution is 7.76. The molecule has 35 heavy (non-hydrogen) atoms. The first kappa shape index (κ1) is 24.5. The van der Waals surface area contributed by atoms with Crippen molar-refractivity contribution in [2.75, 3.05) is 0 Å². The summed E-state index contributed by atoms with van der Waals surface area (Å²) in [6, 6.07) is 22.2. The zero-order valence-electron chi connectivity index (χ0n) is 20.9. The maximum atomic E-state index is 5.94. The van der Waals surface area contributed by atoms with Gasteiger partial charge >= 0.3 is 0 Å². The molecule has 1 unspecified atom stereocenters. The summed E-state index contributed by atoms with van der Waals surface area (Å²) < 4.78 is 11.9. The third-order valence-electron chi connectivity index (χ3n) is 6.33. The summed E-state index contributed by atoms with van der Waals surface area (Å²) in [6.07, 6.45) is 10.3. The largest absolute Gasteiger partial charge is 0.464 e. The summed E-state index contributed by atoms with van der Waals surface area (Å²) in [7, 11) is -1.53. The van der Waals surface area contributed by atoms with Crippen molar-refractivity contribution in [2.24, 2.45) is 0 Å². The molecule has 1 atom stereocenters. The Labute approximate surface area is 212 Å². The molecule has 1 fully saturated rings. The summed E-state index contributed by atoms with van der Waals surface area (Å²) >= 11 is 0. The van der Waals surface area contributed by atoms with Crippen molar-refractivity contribution in [1.29, 1.82) is 0 Å². The molecule has 5 radical (unpaired) electrons. The van der Waals surface area contributed by atoms with E-state index in [4.69, 9.17) is 8.83 Å². The fourth-order valence-corrected chi connectivity index (χ4v) is 10.5. The van der Waals surface area contributed by atoms with E-state index in [9.17, 15) is 0 Å². The van der Waals surface area contributed by atoms with Gasteiger partial charge < -0.3 is 8.83 Å². The highest BCUT2D eigenvalue weighted by Gasteiger charge is 2.44. The van der Waals surface area contributed by atoms with Crippen LogP contribution in [0.5, 0.6) is 0 Å². The van der Waals surface area contributed by atoms with Gasteiger partial charge in [-0.1, -0.05) is 65.6 Å². The van der Waals surface area contributed by atoms with Crippen molar-refractivity contribution in [3.05, 3.63) is 126 Å². The van der Waals surface area contributed by atoms with Crippen molar-refractivity contribution in [2.45, 2.75) is 40.3 Å². The predicted octanol–water partition coefficient (Wildman–Crippen LogP) is 6.79. The van der Waals surface area contributed by atoms with Gasteiger partial charge in [0.15, 0.2) is 0 Å². The van der Waals surface area contributed by atoms with Gasteiger partial charge in [-0.15, -0.1) is 0 Å². The van der Waals surface area contributed by atoms with Crippen LogP contribution < -0.4 is 21.6 Å². The summed E-state index contributed by atoms with van der Waals surface area (Å²) in [5.41, 5.74) is 8.86. The van der Waals surface area contributed by atoms with Crippen LogP contribution in [0.3, 0.4) is 0 Å². The smallest absolute Gasteiger partial charge is 0.133 e. The van der Waals surface area contributed by atoms with Crippen LogP contribution in [0.15, 0.2) is 82.0 Å². The van der Waals surface area contributed by atoms with Crippen LogP contribution in [0.25, 0.3) is 0 Å². The molecule has 0 saturated heterocycles. The van der Waals surface area contributed by atoms with E-state index in [2.05, 4.69) is 102 Å². The third-order valence-corrected chi connectivity index (χ3v) is 11.3. The van der Waals surface area contributed by atoms with Crippen LogP contribution in [-0.4, -0.2) is 5.66 Å². The standard InChI is InChI=1S/C31H31O2P2/c1-21-15-22(2)18-26(17-21)34(27-19-23(3)16-24(4)20-27)25(5)28-9-6-10-29(28)35(30-11-7-13-32-30)31-12-8-14-33-31/h6-20,25H,1-5H3. The first-order valence-corrected chi connectivity index (χ1v) is 14.7. The molecule has 2 heterocycles. The van der Waals surface area contributed by atoms with Crippen molar-refractivity contribution in [3.63, 3.8) is 0 Å². The maximum absolute atomic E-state index is 5.94. The molecule has 4 heteroatoms. The normalized spacial score (nSPS) is 16.0. The molecule has 5 rings (SSSR count). The van der Waals surface area contributed by atoms with Gasteiger partial charge in [-0.3, -0.25) is 0 Å². The number of hydrogen-bond donors (Lipinski definition) is 0. The number of furan rings is 2. The van der Waals surface area contributed by atoms with Gasteiger partial charge in [0.25, 0.3) is 0 Å². The van der Waals surface area contributed by atoms with Crippen LogP contribution in [0.4, 0.5) is 0 Å². The molecule has 177 valence electrons. The predicted molar refractivity (Wildman–Crippen MR) is 150 cm³/mol. The molecule has 4 aromatic rings. The number of aryl methyl sites for hydroxylation is 4. The van der Waals surface area contributed by atoms with Gasteiger partial charge in [-0.2, -0.15) is 0 Å². The lowest BCUT2D eigenvalue weighted by molar-refractivity contribution is 0.592. The lowest BCUT2D eigenvalue weighted by Crippen LogP contribution is -2.28. The van der Waals surface area contributed by atoms with Gasteiger partial charge in [0.05, 0.1) is 12.5 Å². The third kappa shape index (κ3) is 5.21. The fourth-order valence-electron chi connectivity index (χ4n) is 5.04. The zero-order chi connectivity index (χ0) is 24.5. The van der Waals surface area contributed by atoms with E-state index in [-0.39, 0.29) is 0 Å². The molecular weight excluding hydrogens is 466 g/mol. The lowest BCUT2D eigenvalue weighted by Gasteiger charge is -2.35. The van der Waals surface area contributed by atoms with E-state index >= 15 is 0 Å². The monoisotopic (exact) mass is 497 g/mol. The van der Waals surface area contributed by atoms with Gasteiger partial charge in [0.2, 0.25) is 0 Å². The van der Waals surface area contributed by atoms with Gasteiger partial charge in [-0.05, 0) is 101 Å². The highest BCUT2D eigenvalue weighted by Crippen LogP contribution is 2.61. The van der Waals surface area contributed by atoms with Crippen molar-refractivity contribution < 1.29 is 8.83 Å². The molecule has 2 aromatic heterocycles. The second-order valence-electron chi connectivity index (χ2n) is 9.34. The molecule has 0 spiro atoms. The summed E-state index contributed by atoms with van der Waals surface area (Å²) in [4.78, 5) is 0. The van der Waals surface area contributed by atoms with Crippen LogP contribution in [0.2, 0.25) is 0 Å². The topological polar surface area (TPSA) is 26.3 Å². The van der Waals surface area contributed by atoms with E-state index < -0.39 is 15.8 Å². The fraction of sp³-hybridized carbons (Fsp3) is 0.194. The van der Waals surface area contributed by atoms with E-state index in [0.717, 1.165) is 11.0 Å². The SMILES string of the molecule is Cc1cc(C)cc(P(c2cc(C)cc(C)c2)C(C)[C]2[CH][CH][CH][C]2P(c2ccco2)c2ccco2)c1. The molecule has 2 nitrogen and oxygen atoms in total. The van der Waals surface area contributed by atoms with Crippen LogP contribution in [0, 0.1) is 58.5 Å². The Morgan fingerprint density at radius 3 is 1.57 bits per heavy atom. The highest BCUT2D eigenvalue weighted by atomic mass is 31.1. The minimum Gasteiger partial charge on any atom is -0.464 e. The van der Waals surface area contributed by atoms with E-state index in [1.54, 1.807) is 12.5 Å². The Bertz CT molecular complexity index is 1130. The molecular formula is C31H31O2P2. The number of rotatable bonds is 7. The summed E-state index contributed by atoms with van der Waals surface area (Å²) in [6.45, 7) is 11.2. The van der Waals surface area contributed by atoms with Crippen molar-refractivity contribution >= 4 is 37.5 Å². The Morgan fingerprint density at radius 2 is 1.14 bits per heavy atom. The molecule has 0 bridgehead atoms. The first-order valence-electron chi connectivity index (χ1n) is 12.0. The molecule has 0 amide bonds.